The molecule has 2 unspecified atom stereocenters. The van der Waals surface area contributed by atoms with Crippen molar-refractivity contribution in [2.24, 2.45) is 5.92 Å². The smallest absolute Gasteiger partial charge is 0.0488 e. The van der Waals surface area contributed by atoms with Crippen molar-refractivity contribution in [3.63, 3.8) is 0 Å². The average molecular weight is 335 g/mol. The lowest BCUT2D eigenvalue weighted by Crippen LogP contribution is -2.30. The van der Waals surface area contributed by atoms with E-state index in [0.29, 0.717) is 12.0 Å². The molecule has 0 radical (unpaired) electrons. The number of rotatable bonds is 7. The van der Waals surface area contributed by atoms with Gasteiger partial charge < -0.3 is 10.1 Å². The molecule has 1 aromatic carbocycles. The number of hydrogen-bond donors (Lipinski definition) is 1. The van der Waals surface area contributed by atoms with Gasteiger partial charge in [-0.05, 0) is 43.5 Å². The largest absolute Gasteiger partial charge is 0.384 e. The van der Waals surface area contributed by atoms with E-state index in [1.165, 1.54) is 5.56 Å². The molecule has 0 aliphatic carbocycles. The first-order valence-electron chi connectivity index (χ1n) is 6.17. The van der Waals surface area contributed by atoms with Crippen molar-refractivity contribution in [1.29, 1.82) is 0 Å². The Labute approximate surface area is 123 Å². The van der Waals surface area contributed by atoms with Gasteiger partial charge >= 0.3 is 0 Å². The highest BCUT2D eigenvalue weighted by Crippen LogP contribution is 2.23. The summed E-state index contributed by atoms with van der Waals surface area (Å²) in [6.07, 6.45) is 2.02. The van der Waals surface area contributed by atoms with Crippen LogP contribution in [0.4, 0.5) is 0 Å². The molecule has 0 fully saturated rings. The number of hydrogen-bond acceptors (Lipinski definition) is 2. The SMILES string of the molecule is CNC(Cc1ccc(Br)cc1Cl)CC(C)COC. The maximum Gasteiger partial charge on any atom is 0.0488 e. The van der Waals surface area contributed by atoms with E-state index in [-0.39, 0.29) is 0 Å². The van der Waals surface area contributed by atoms with Gasteiger partial charge in [-0.25, -0.2) is 0 Å². The normalized spacial score (nSPS) is 14.5. The Hall–Kier alpha value is -0.0900. The maximum atomic E-state index is 6.25. The van der Waals surface area contributed by atoms with E-state index in [9.17, 15) is 0 Å². The fraction of sp³-hybridized carbons (Fsp3) is 0.571. The van der Waals surface area contributed by atoms with Crippen LogP contribution in [0.25, 0.3) is 0 Å². The molecule has 1 aromatic rings. The van der Waals surface area contributed by atoms with E-state index in [2.05, 4.69) is 34.2 Å². The van der Waals surface area contributed by atoms with Crippen molar-refractivity contribution < 1.29 is 4.74 Å². The third kappa shape index (κ3) is 5.27. The first kappa shape index (κ1) is 16.0. The second-order valence-corrected chi connectivity index (χ2v) is 6.04. The Morgan fingerprint density at radius 3 is 2.72 bits per heavy atom. The lowest BCUT2D eigenvalue weighted by Gasteiger charge is -2.20. The van der Waals surface area contributed by atoms with Crippen LogP contribution in [0, 0.1) is 5.92 Å². The van der Waals surface area contributed by atoms with Gasteiger partial charge in [0.05, 0.1) is 0 Å². The van der Waals surface area contributed by atoms with Gasteiger partial charge in [-0.15, -0.1) is 0 Å². The third-order valence-corrected chi connectivity index (χ3v) is 3.87. The first-order valence-corrected chi connectivity index (χ1v) is 7.34. The average Bonchev–Trinajstić information content (AvgIpc) is 2.31. The summed E-state index contributed by atoms with van der Waals surface area (Å²) >= 11 is 9.67. The molecule has 0 aliphatic heterocycles. The maximum absolute atomic E-state index is 6.25. The van der Waals surface area contributed by atoms with Crippen LogP contribution >= 0.6 is 27.5 Å². The minimum absolute atomic E-state index is 0.425. The zero-order valence-electron chi connectivity index (χ0n) is 11.2. The quantitative estimate of drug-likeness (QED) is 0.816. The van der Waals surface area contributed by atoms with Crippen molar-refractivity contribution in [2.75, 3.05) is 20.8 Å². The summed E-state index contributed by atoms with van der Waals surface area (Å²) in [5.41, 5.74) is 1.18. The molecule has 0 saturated heterocycles. The summed E-state index contributed by atoms with van der Waals surface area (Å²) in [6, 6.07) is 6.49. The number of likely N-dealkylation sites (N-methyl/N-ethyl adjacent to an activating group) is 1. The molecule has 1 N–H and O–H groups in total. The van der Waals surface area contributed by atoms with Crippen molar-refractivity contribution in [2.45, 2.75) is 25.8 Å². The number of benzene rings is 1. The second-order valence-electron chi connectivity index (χ2n) is 4.72. The zero-order chi connectivity index (χ0) is 13.5. The Morgan fingerprint density at radius 1 is 1.44 bits per heavy atom. The van der Waals surface area contributed by atoms with Gasteiger partial charge in [-0.1, -0.05) is 40.5 Å². The number of ether oxygens (including phenoxy) is 1. The Morgan fingerprint density at radius 2 is 2.17 bits per heavy atom. The van der Waals surface area contributed by atoms with Crippen LogP contribution in [0.2, 0.25) is 5.02 Å². The van der Waals surface area contributed by atoms with Crippen LogP contribution in [0.5, 0.6) is 0 Å². The second kappa shape index (κ2) is 8.16. The third-order valence-electron chi connectivity index (χ3n) is 3.03. The predicted octanol–water partition coefficient (Wildman–Crippen LogP) is 3.91. The molecule has 0 saturated carbocycles. The lowest BCUT2D eigenvalue weighted by atomic mass is 9.97. The summed E-state index contributed by atoms with van der Waals surface area (Å²) in [5, 5.41) is 4.18. The van der Waals surface area contributed by atoms with Gasteiger partial charge in [-0.2, -0.15) is 0 Å². The molecule has 0 heterocycles. The summed E-state index contributed by atoms with van der Waals surface area (Å²) in [7, 11) is 3.74. The van der Waals surface area contributed by atoms with Gasteiger partial charge in [0.15, 0.2) is 0 Å². The van der Waals surface area contributed by atoms with Crippen LogP contribution in [0.3, 0.4) is 0 Å². The molecule has 1 rings (SSSR count). The number of nitrogens with one attached hydrogen (secondary N) is 1. The summed E-state index contributed by atoms with van der Waals surface area (Å²) < 4.78 is 6.20. The Balaban J connectivity index is 2.62. The molecule has 102 valence electrons. The van der Waals surface area contributed by atoms with Crippen LogP contribution in [0.15, 0.2) is 22.7 Å². The molecule has 2 atom stereocenters. The van der Waals surface area contributed by atoms with Crippen molar-refractivity contribution in [3.05, 3.63) is 33.3 Å². The zero-order valence-corrected chi connectivity index (χ0v) is 13.5. The number of methoxy groups -OCH3 is 1. The molecular formula is C14H21BrClNO. The fourth-order valence-electron chi connectivity index (χ4n) is 2.09. The predicted molar refractivity (Wildman–Crippen MR) is 81.4 cm³/mol. The molecule has 0 spiro atoms. The molecule has 0 amide bonds. The van der Waals surface area contributed by atoms with E-state index in [4.69, 9.17) is 16.3 Å². The van der Waals surface area contributed by atoms with Crippen LogP contribution in [-0.4, -0.2) is 26.8 Å². The van der Waals surface area contributed by atoms with Crippen molar-refractivity contribution in [3.8, 4) is 0 Å². The van der Waals surface area contributed by atoms with E-state index in [1.54, 1.807) is 7.11 Å². The van der Waals surface area contributed by atoms with Gasteiger partial charge in [0.1, 0.15) is 0 Å². The summed E-state index contributed by atoms with van der Waals surface area (Å²) in [4.78, 5) is 0. The highest BCUT2D eigenvalue weighted by molar-refractivity contribution is 9.10. The van der Waals surface area contributed by atoms with Crippen LogP contribution in [-0.2, 0) is 11.2 Å². The molecule has 0 aromatic heterocycles. The molecule has 2 nitrogen and oxygen atoms in total. The highest BCUT2D eigenvalue weighted by Gasteiger charge is 2.13. The minimum atomic E-state index is 0.425. The molecule has 0 bridgehead atoms. The first-order chi connectivity index (χ1) is 8.56. The number of halogens is 2. The van der Waals surface area contributed by atoms with E-state index >= 15 is 0 Å². The van der Waals surface area contributed by atoms with E-state index < -0.39 is 0 Å². The standard InChI is InChI=1S/C14H21BrClNO/c1-10(9-18-3)6-13(17-2)7-11-4-5-12(15)8-14(11)16/h4-5,8,10,13,17H,6-7,9H2,1-3H3. The fourth-order valence-corrected chi connectivity index (χ4v) is 2.84. The van der Waals surface area contributed by atoms with Gasteiger partial charge in [0, 0.05) is 29.3 Å². The van der Waals surface area contributed by atoms with Crippen LogP contribution in [0.1, 0.15) is 18.9 Å². The summed E-state index contributed by atoms with van der Waals surface area (Å²) in [6.45, 7) is 3.00. The molecule has 0 aliphatic rings. The van der Waals surface area contributed by atoms with Gasteiger partial charge in [0.2, 0.25) is 0 Å². The monoisotopic (exact) mass is 333 g/mol. The van der Waals surface area contributed by atoms with Crippen molar-refractivity contribution in [1.82, 2.24) is 5.32 Å². The summed E-state index contributed by atoms with van der Waals surface area (Å²) in [5.74, 6) is 0.543. The Bertz CT molecular complexity index is 373. The molecule has 18 heavy (non-hydrogen) atoms. The van der Waals surface area contributed by atoms with Gasteiger partial charge in [-0.3, -0.25) is 0 Å². The van der Waals surface area contributed by atoms with Crippen LogP contribution < -0.4 is 5.32 Å². The van der Waals surface area contributed by atoms with E-state index in [0.717, 1.165) is 28.9 Å². The van der Waals surface area contributed by atoms with E-state index in [1.807, 2.05) is 19.2 Å². The Kier molecular flexibility index (Phi) is 7.23. The van der Waals surface area contributed by atoms with Gasteiger partial charge in [0.25, 0.3) is 0 Å². The lowest BCUT2D eigenvalue weighted by molar-refractivity contribution is 0.150. The molecular weight excluding hydrogens is 314 g/mol. The molecule has 4 heteroatoms. The van der Waals surface area contributed by atoms with Crippen molar-refractivity contribution >= 4 is 27.5 Å². The highest BCUT2D eigenvalue weighted by atomic mass is 79.9. The minimum Gasteiger partial charge on any atom is -0.384 e. The topological polar surface area (TPSA) is 21.3 Å².